The molecule has 2 aromatic rings. The minimum atomic E-state index is -2.06. The van der Waals surface area contributed by atoms with Crippen LogP contribution in [0, 0.1) is 0 Å². The second kappa shape index (κ2) is 7.21. The first-order valence-electron chi connectivity index (χ1n) is 6.61. The lowest BCUT2D eigenvalue weighted by Crippen LogP contribution is -2.16. The van der Waals surface area contributed by atoms with E-state index in [-0.39, 0.29) is 0 Å². The molecule has 112 valence electrons. The fraction of sp³-hybridized carbons (Fsp3) is 0.200. The van der Waals surface area contributed by atoms with Gasteiger partial charge < -0.3 is 21.3 Å². The molecule has 2 unspecified atom stereocenters. The molecule has 0 amide bonds. The Labute approximate surface area is 126 Å². The summed E-state index contributed by atoms with van der Waals surface area (Å²) in [5, 5.41) is 2.51. The molecule has 21 heavy (non-hydrogen) atoms. The third-order valence-electron chi connectivity index (χ3n) is 3.12. The zero-order chi connectivity index (χ0) is 15.2. The Balaban J connectivity index is 2.49. The Morgan fingerprint density at radius 3 is 2.52 bits per heavy atom. The highest BCUT2D eigenvalue weighted by atomic mass is 32.2. The SMILES string of the molecule is NCCNc1ccc(N)cc1C(c1ccccc1)S(=O)O. The van der Waals surface area contributed by atoms with Crippen molar-refractivity contribution in [3.63, 3.8) is 0 Å². The molecule has 2 rings (SSSR count). The Hall–Kier alpha value is -1.89. The molecule has 0 bridgehead atoms. The third kappa shape index (κ3) is 3.81. The summed E-state index contributed by atoms with van der Waals surface area (Å²) in [6.07, 6.45) is 0. The van der Waals surface area contributed by atoms with E-state index in [1.54, 1.807) is 12.1 Å². The maximum absolute atomic E-state index is 11.9. The normalized spacial score (nSPS) is 13.6. The molecule has 0 spiro atoms. The molecule has 6 heteroatoms. The molecule has 0 aliphatic heterocycles. The predicted molar refractivity (Wildman–Crippen MR) is 87.5 cm³/mol. The van der Waals surface area contributed by atoms with Crippen LogP contribution in [0.5, 0.6) is 0 Å². The van der Waals surface area contributed by atoms with E-state index in [2.05, 4.69) is 5.32 Å². The summed E-state index contributed by atoms with van der Waals surface area (Å²) >= 11 is -2.06. The average Bonchev–Trinajstić information content (AvgIpc) is 2.47. The van der Waals surface area contributed by atoms with Crippen molar-refractivity contribution in [2.24, 2.45) is 5.73 Å². The molecular weight excluding hydrogens is 286 g/mol. The van der Waals surface area contributed by atoms with Gasteiger partial charge in [-0.05, 0) is 29.3 Å². The first-order valence-corrected chi connectivity index (χ1v) is 7.78. The first kappa shape index (κ1) is 15.5. The van der Waals surface area contributed by atoms with Crippen LogP contribution < -0.4 is 16.8 Å². The summed E-state index contributed by atoms with van der Waals surface area (Å²) in [4.78, 5) is 0. The Bertz CT molecular complexity index is 620. The molecule has 0 radical (unpaired) electrons. The number of nitrogen functional groups attached to an aromatic ring is 1. The topological polar surface area (TPSA) is 101 Å². The maximum Gasteiger partial charge on any atom is 0.165 e. The number of nitrogens with one attached hydrogen (secondary N) is 1. The van der Waals surface area contributed by atoms with Crippen molar-refractivity contribution >= 4 is 22.5 Å². The Morgan fingerprint density at radius 1 is 1.19 bits per heavy atom. The van der Waals surface area contributed by atoms with Gasteiger partial charge in [0.05, 0.1) is 0 Å². The van der Waals surface area contributed by atoms with Gasteiger partial charge in [-0.2, -0.15) is 0 Å². The van der Waals surface area contributed by atoms with Gasteiger partial charge in [0.2, 0.25) is 0 Å². The van der Waals surface area contributed by atoms with Gasteiger partial charge in [0.1, 0.15) is 5.25 Å². The van der Waals surface area contributed by atoms with Crippen molar-refractivity contribution < 1.29 is 8.76 Å². The van der Waals surface area contributed by atoms with E-state index in [1.807, 2.05) is 36.4 Å². The van der Waals surface area contributed by atoms with Crippen LogP contribution in [0.1, 0.15) is 16.4 Å². The van der Waals surface area contributed by atoms with Gasteiger partial charge in [0, 0.05) is 24.5 Å². The number of hydrogen-bond donors (Lipinski definition) is 4. The molecule has 0 fully saturated rings. The van der Waals surface area contributed by atoms with Crippen molar-refractivity contribution in [2.75, 3.05) is 24.1 Å². The highest BCUT2D eigenvalue weighted by molar-refractivity contribution is 7.79. The number of rotatable bonds is 6. The third-order valence-corrected chi connectivity index (χ3v) is 4.05. The molecule has 2 aromatic carbocycles. The maximum atomic E-state index is 11.9. The Morgan fingerprint density at radius 2 is 1.90 bits per heavy atom. The van der Waals surface area contributed by atoms with Gasteiger partial charge in [0.15, 0.2) is 11.1 Å². The van der Waals surface area contributed by atoms with Crippen LogP contribution in [0.2, 0.25) is 0 Å². The zero-order valence-corrected chi connectivity index (χ0v) is 12.3. The van der Waals surface area contributed by atoms with E-state index < -0.39 is 16.3 Å². The number of benzene rings is 2. The summed E-state index contributed by atoms with van der Waals surface area (Å²) in [7, 11) is 0. The van der Waals surface area contributed by atoms with E-state index in [9.17, 15) is 8.76 Å². The van der Waals surface area contributed by atoms with Crippen LogP contribution in [-0.2, 0) is 11.1 Å². The minimum Gasteiger partial charge on any atom is -0.399 e. The quantitative estimate of drug-likeness (QED) is 0.483. The Kier molecular flexibility index (Phi) is 5.32. The van der Waals surface area contributed by atoms with E-state index >= 15 is 0 Å². The predicted octanol–water partition coefficient (Wildman–Crippen LogP) is 1.95. The molecular formula is C15H19N3O2S. The van der Waals surface area contributed by atoms with Gasteiger partial charge in [-0.15, -0.1) is 0 Å². The van der Waals surface area contributed by atoms with Crippen LogP contribution in [0.4, 0.5) is 11.4 Å². The fourth-order valence-corrected chi connectivity index (χ4v) is 3.00. The van der Waals surface area contributed by atoms with Gasteiger partial charge >= 0.3 is 0 Å². The molecule has 0 saturated heterocycles. The highest BCUT2D eigenvalue weighted by Crippen LogP contribution is 2.33. The average molecular weight is 305 g/mol. The van der Waals surface area contributed by atoms with Crippen molar-refractivity contribution in [1.82, 2.24) is 0 Å². The van der Waals surface area contributed by atoms with Crippen LogP contribution in [-0.4, -0.2) is 21.9 Å². The van der Waals surface area contributed by atoms with Crippen molar-refractivity contribution in [3.05, 3.63) is 59.7 Å². The van der Waals surface area contributed by atoms with E-state index in [0.717, 1.165) is 11.3 Å². The second-order valence-electron chi connectivity index (χ2n) is 4.63. The molecule has 2 atom stereocenters. The van der Waals surface area contributed by atoms with E-state index in [0.29, 0.717) is 24.3 Å². The van der Waals surface area contributed by atoms with Crippen LogP contribution in [0.3, 0.4) is 0 Å². The van der Waals surface area contributed by atoms with Gasteiger partial charge in [0.25, 0.3) is 0 Å². The second-order valence-corrected chi connectivity index (χ2v) is 5.65. The van der Waals surface area contributed by atoms with Gasteiger partial charge in [-0.3, -0.25) is 0 Å². The zero-order valence-electron chi connectivity index (χ0n) is 11.5. The highest BCUT2D eigenvalue weighted by Gasteiger charge is 2.23. The van der Waals surface area contributed by atoms with Crippen molar-refractivity contribution in [1.29, 1.82) is 0 Å². The molecule has 5 nitrogen and oxygen atoms in total. The van der Waals surface area contributed by atoms with Crippen LogP contribution in [0.15, 0.2) is 48.5 Å². The summed E-state index contributed by atoms with van der Waals surface area (Å²) in [6, 6.07) is 14.5. The number of anilines is 2. The lowest BCUT2D eigenvalue weighted by Gasteiger charge is -2.19. The summed E-state index contributed by atoms with van der Waals surface area (Å²) in [5.74, 6) is 0. The fourth-order valence-electron chi connectivity index (χ4n) is 2.20. The van der Waals surface area contributed by atoms with Crippen molar-refractivity contribution in [3.8, 4) is 0 Å². The lowest BCUT2D eigenvalue weighted by atomic mass is 10.0. The largest absolute Gasteiger partial charge is 0.399 e. The van der Waals surface area contributed by atoms with E-state index in [4.69, 9.17) is 11.5 Å². The summed E-state index contributed by atoms with van der Waals surface area (Å²) in [6.45, 7) is 1.05. The van der Waals surface area contributed by atoms with Crippen LogP contribution >= 0.6 is 0 Å². The molecule has 6 N–H and O–H groups in total. The van der Waals surface area contributed by atoms with E-state index in [1.165, 1.54) is 0 Å². The molecule has 0 aliphatic carbocycles. The first-order chi connectivity index (χ1) is 10.1. The smallest absolute Gasteiger partial charge is 0.165 e. The van der Waals surface area contributed by atoms with Gasteiger partial charge in [-0.25, -0.2) is 4.21 Å². The molecule has 0 saturated carbocycles. The molecule has 0 heterocycles. The number of nitrogens with two attached hydrogens (primary N) is 2. The van der Waals surface area contributed by atoms with Gasteiger partial charge in [-0.1, -0.05) is 30.3 Å². The summed E-state index contributed by atoms with van der Waals surface area (Å²) < 4.78 is 21.6. The molecule has 0 aromatic heterocycles. The summed E-state index contributed by atoms with van der Waals surface area (Å²) in [5.41, 5.74) is 14.1. The number of hydrogen-bond acceptors (Lipinski definition) is 4. The lowest BCUT2D eigenvalue weighted by molar-refractivity contribution is 0.557. The van der Waals surface area contributed by atoms with Crippen molar-refractivity contribution in [2.45, 2.75) is 5.25 Å². The standard InChI is InChI=1S/C15H19N3O2S/c16-8-9-18-14-7-6-12(17)10-13(14)15(21(19)20)11-4-2-1-3-5-11/h1-7,10,15,18H,8-9,16-17H2,(H,19,20). The van der Waals surface area contributed by atoms with Crippen LogP contribution in [0.25, 0.3) is 0 Å². The minimum absolute atomic E-state index is 0.474. The molecule has 0 aliphatic rings. The monoisotopic (exact) mass is 305 g/mol.